The predicted molar refractivity (Wildman–Crippen MR) is 110 cm³/mol. The van der Waals surface area contributed by atoms with Gasteiger partial charge in [-0.2, -0.15) is 0 Å². The van der Waals surface area contributed by atoms with Crippen LogP contribution in [0.3, 0.4) is 0 Å². The van der Waals surface area contributed by atoms with E-state index in [1.54, 1.807) is 0 Å². The van der Waals surface area contributed by atoms with Crippen LogP contribution in [-0.2, 0) is 9.53 Å². The van der Waals surface area contributed by atoms with Gasteiger partial charge in [0, 0.05) is 12.3 Å². The van der Waals surface area contributed by atoms with E-state index in [2.05, 4.69) is 0 Å². The fourth-order valence-electron chi connectivity index (χ4n) is 3.25. The largest absolute Gasteiger partial charge is 0.466 e. The first kappa shape index (κ1) is 24.8. The fourth-order valence-corrected chi connectivity index (χ4v) is 3.44. The topological polar surface area (TPSA) is 26.3 Å². The Morgan fingerprint density at radius 1 is 0.600 bits per heavy atom. The van der Waals surface area contributed by atoms with Gasteiger partial charge in [0.05, 0.1) is 6.61 Å². The van der Waals surface area contributed by atoms with Gasteiger partial charge < -0.3 is 4.74 Å². The molecule has 0 atom stereocenters. The Kier molecular flexibility index (Phi) is 21.6. The number of rotatable bonds is 20. The molecule has 0 heterocycles. The first-order chi connectivity index (χ1) is 12.3. The van der Waals surface area contributed by atoms with Crippen LogP contribution in [0.4, 0.5) is 0 Å². The minimum Gasteiger partial charge on any atom is -0.466 e. The summed E-state index contributed by atoms with van der Waals surface area (Å²) in [6.07, 6.45) is 23.3. The molecule has 0 aliphatic carbocycles. The lowest BCUT2D eigenvalue weighted by molar-refractivity contribution is -0.143. The zero-order valence-corrected chi connectivity index (χ0v) is 17.6. The Labute approximate surface area is 162 Å². The monoisotopic (exact) mass is 374 g/mol. The van der Waals surface area contributed by atoms with E-state index >= 15 is 0 Å². The molecule has 0 spiro atoms. The predicted octanol–water partition coefficient (Wildman–Crippen LogP) is 7.81. The number of hydrogen-bond acceptors (Lipinski definition) is 2. The molecule has 0 aromatic heterocycles. The van der Waals surface area contributed by atoms with Crippen molar-refractivity contribution in [2.75, 3.05) is 12.5 Å². The standard InChI is InChI=1S/C22H43ClO2/c1-2-25-22(24)20-18-16-14-12-10-8-6-4-3-5-7-9-11-13-15-17-19-21-23/h2-21H2,1H3. The molecule has 0 bridgehead atoms. The van der Waals surface area contributed by atoms with Crippen LogP contribution < -0.4 is 0 Å². The number of esters is 1. The minimum absolute atomic E-state index is 0.0335. The first-order valence-electron chi connectivity index (χ1n) is 11.0. The summed E-state index contributed by atoms with van der Waals surface area (Å²) in [6.45, 7) is 2.37. The molecule has 0 rings (SSSR count). The zero-order valence-electron chi connectivity index (χ0n) is 16.8. The summed E-state index contributed by atoms with van der Waals surface area (Å²) in [5.41, 5.74) is 0. The maximum Gasteiger partial charge on any atom is 0.305 e. The second-order valence-electron chi connectivity index (χ2n) is 7.25. The molecule has 0 saturated carbocycles. The van der Waals surface area contributed by atoms with Gasteiger partial charge in [0.25, 0.3) is 0 Å². The Morgan fingerprint density at radius 3 is 1.24 bits per heavy atom. The van der Waals surface area contributed by atoms with E-state index in [4.69, 9.17) is 16.3 Å². The van der Waals surface area contributed by atoms with Gasteiger partial charge in [-0.05, 0) is 19.8 Å². The normalized spacial score (nSPS) is 11.0. The highest BCUT2D eigenvalue weighted by Crippen LogP contribution is 2.14. The number of hydrogen-bond donors (Lipinski definition) is 0. The molecular formula is C22H43ClO2. The minimum atomic E-state index is -0.0335. The zero-order chi connectivity index (χ0) is 18.4. The molecule has 0 aliphatic rings. The van der Waals surface area contributed by atoms with Gasteiger partial charge >= 0.3 is 5.97 Å². The lowest BCUT2D eigenvalue weighted by atomic mass is 10.0. The molecule has 0 saturated heterocycles. The van der Waals surface area contributed by atoms with Crippen LogP contribution >= 0.6 is 11.6 Å². The fraction of sp³-hybridized carbons (Fsp3) is 0.955. The number of carbonyl (C=O) groups excluding carboxylic acids is 1. The quantitative estimate of drug-likeness (QED) is 0.123. The van der Waals surface area contributed by atoms with Gasteiger partial charge in [-0.1, -0.05) is 96.3 Å². The van der Waals surface area contributed by atoms with E-state index in [1.165, 1.54) is 103 Å². The third-order valence-corrected chi connectivity index (χ3v) is 5.09. The molecule has 0 aromatic rings. The summed E-state index contributed by atoms with van der Waals surface area (Å²) >= 11 is 5.68. The lowest BCUT2D eigenvalue weighted by Gasteiger charge is -2.04. The van der Waals surface area contributed by atoms with Crippen molar-refractivity contribution in [2.45, 2.75) is 122 Å². The molecule has 0 radical (unpaired) electrons. The highest BCUT2D eigenvalue weighted by molar-refractivity contribution is 6.17. The van der Waals surface area contributed by atoms with Crippen LogP contribution in [0.25, 0.3) is 0 Å². The summed E-state index contributed by atoms with van der Waals surface area (Å²) in [7, 11) is 0. The van der Waals surface area contributed by atoms with Crippen LogP contribution in [0.15, 0.2) is 0 Å². The first-order valence-corrected chi connectivity index (χ1v) is 11.6. The molecular weight excluding hydrogens is 332 g/mol. The van der Waals surface area contributed by atoms with Crippen LogP contribution in [0.1, 0.15) is 122 Å². The van der Waals surface area contributed by atoms with Crippen LogP contribution in [0.2, 0.25) is 0 Å². The smallest absolute Gasteiger partial charge is 0.305 e. The molecule has 0 aliphatic heterocycles. The highest BCUT2D eigenvalue weighted by atomic mass is 35.5. The van der Waals surface area contributed by atoms with Crippen molar-refractivity contribution >= 4 is 17.6 Å². The summed E-state index contributed by atoms with van der Waals surface area (Å²) in [5, 5.41) is 0. The van der Waals surface area contributed by atoms with Gasteiger partial charge in [-0.15, -0.1) is 11.6 Å². The van der Waals surface area contributed by atoms with Gasteiger partial charge in [-0.25, -0.2) is 0 Å². The molecule has 0 aromatic carbocycles. The molecule has 25 heavy (non-hydrogen) atoms. The third-order valence-electron chi connectivity index (χ3n) is 4.82. The lowest BCUT2D eigenvalue weighted by Crippen LogP contribution is -2.03. The van der Waals surface area contributed by atoms with E-state index in [0.717, 1.165) is 12.3 Å². The third kappa shape index (κ3) is 21.7. The van der Waals surface area contributed by atoms with E-state index in [1.807, 2.05) is 6.92 Å². The maximum absolute atomic E-state index is 11.2. The van der Waals surface area contributed by atoms with Crippen molar-refractivity contribution in [1.29, 1.82) is 0 Å². The average Bonchev–Trinajstić information content (AvgIpc) is 2.61. The molecule has 0 fully saturated rings. The van der Waals surface area contributed by atoms with Crippen LogP contribution in [0.5, 0.6) is 0 Å². The Balaban J connectivity index is 3.02. The van der Waals surface area contributed by atoms with E-state index < -0.39 is 0 Å². The SMILES string of the molecule is CCOC(=O)CCCCCCCCCCCCCCCCCCCCl. The molecule has 0 amide bonds. The summed E-state index contributed by atoms with van der Waals surface area (Å²) in [4.78, 5) is 11.2. The van der Waals surface area contributed by atoms with Gasteiger partial charge in [0.15, 0.2) is 0 Å². The van der Waals surface area contributed by atoms with Crippen molar-refractivity contribution in [3.05, 3.63) is 0 Å². The van der Waals surface area contributed by atoms with Gasteiger partial charge in [0.1, 0.15) is 0 Å². The van der Waals surface area contributed by atoms with Crippen LogP contribution in [0, 0.1) is 0 Å². The number of unbranched alkanes of at least 4 members (excludes halogenated alkanes) is 16. The van der Waals surface area contributed by atoms with Crippen molar-refractivity contribution in [1.82, 2.24) is 0 Å². The second-order valence-corrected chi connectivity index (χ2v) is 7.63. The number of carbonyl (C=O) groups is 1. The average molecular weight is 375 g/mol. The molecule has 0 unspecified atom stereocenters. The van der Waals surface area contributed by atoms with Crippen molar-refractivity contribution in [2.24, 2.45) is 0 Å². The summed E-state index contributed by atoms with van der Waals surface area (Å²) in [6, 6.07) is 0. The number of halogens is 1. The Bertz CT molecular complexity index is 269. The summed E-state index contributed by atoms with van der Waals surface area (Å²) < 4.78 is 4.93. The summed E-state index contributed by atoms with van der Waals surface area (Å²) in [5.74, 6) is 0.795. The molecule has 2 nitrogen and oxygen atoms in total. The van der Waals surface area contributed by atoms with Crippen molar-refractivity contribution < 1.29 is 9.53 Å². The maximum atomic E-state index is 11.2. The Hall–Kier alpha value is -0.240. The van der Waals surface area contributed by atoms with Gasteiger partial charge in [-0.3, -0.25) is 4.79 Å². The van der Waals surface area contributed by atoms with Gasteiger partial charge in [0.2, 0.25) is 0 Å². The second kappa shape index (κ2) is 21.8. The molecule has 0 N–H and O–H groups in total. The van der Waals surface area contributed by atoms with Crippen molar-refractivity contribution in [3.63, 3.8) is 0 Å². The molecule has 3 heteroatoms. The molecule has 150 valence electrons. The van der Waals surface area contributed by atoms with E-state index in [0.29, 0.717) is 13.0 Å². The van der Waals surface area contributed by atoms with E-state index in [-0.39, 0.29) is 5.97 Å². The van der Waals surface area contributed by atoms with Crippen molar-refractivity contribution in [3.8, 4) is 0 Å². The highest BCUT2D eigenvalue weighted by Gasteiger charge is 2.00. The van der Waals surface area contributed by atoms with Crippen LogP contribution in [-0.4, -0.2) is 18.5 Å². The van der Waals surface area contributed by atoms with E-state index in [9.17, 15) is 4.79 Å². The number of ether oxygens (including phenoxy) is 1. The Morgan fingerprint density at radius 2 is 0.920 bits per heavy atom. The number of alkyl halides is 1.